The Hall–Kier alpha value is -1.16. The Labute approximate surface area is 144 Å². The second-order valence-electron chi connectivity index (χ2n) is 9.29. The van der Waals surface area contributed by atoms with Gasteiger partial charge in [0, 0.05) is 17.4 Å². The lowest BCUT2D eigenvalue weighted by atomic mass is 9.49. The van der Waals surface area contributed by atoms with Crippen molar-refractivity contribution in [1.82, 2.24) is 14.9 Å². The third kappa shape index (κ3) is 2.45. The fourth-order valence-corrected chi connectivity index (χ4v) is 6.64. The summed E-state index contributed by atoms with van der Waals surface area (Å²) in [6.07, 6.45) is 10.3. The van der Waals surface area contributed by atoms with E-state index in [-0.39, 0.29) is 11.0 Å². The number of H-pyrrole nitrogens is 1. The first-order chi connectivity index (χ1) is 11.6. The predicted octanol–water partition coefficient (Wildman–Crippen LogP) is 3.05. The summed E-state index contributed by atoms with van der Waals surface area (Å²) in [6, 6.07) is 1.78. The van der Waals surface area contributed by atoms with Crippen molar-refractivity contribution in [3.05, 3.63) is 27.9 Å². The number of nitrogens with zero attached hydrogens (tertiary/aromatic N) is 2. The maximum absolute atomic E-state index is 12.4. The van der Waals surface area contributed by atoms with E-state index in [1.165, 1.54) is 38.5 Å². The van der Waals surface area contributed by atoms with Gasteiger partial charge >= 0.3 is 0 Å². The number of piperidine rings is 1. The van der Waals surface area contributed by atoms with Gasteiger partial charge in [-0.05, 0) is 89.3 Å². The van der Waals surface area contributed by atoms with Crippen LogP contribution in [0.4, 0.5) is 0 Å². The molecule has 1 aliphatic heterocycles. The minimum Gasteiger partial charge on any atom is -0.310 e. The molecule has 0 unspecified atom stereocenters. The normalized spacial score (nSPS) is 39.5. The van der Waals surface area contributed by atoms with Crippen LogP contribution in [0, 0.1) is 17.8 Å². The summed E-state index contributed by atoms with van der Waals surface area (Å²) in [5.41, 5.74) is 1.33. The summed E-state index contributed by atoms with van der Waals surface area (Å²) in [5, 5.41) is 0. The van der Waals surface area contributed by atoms with Crippen LogP contribution in [0.5, 0.6) is 0 Å². The van der Waals surface area contributed by atoms with Crippen molar-refractivity contribution in [2.45, 2.75) is 62.7 Å². The van der Waals surface area contributed by atoms with Crippen LogP contribution in [-0.2, 0) is 5.41 Å². The number of aromatic nitrogens is 2. The van der Waals surface area contributed by atoms with Gasteiger partial charge in [-0.3, -0.25) is 4.79 Å². The highest BCUT2D eigenvalue weighted by Crippen LogP contribution is 2.60. The van der Waals surface area contributed by atoms with Crippen molar-refractivity contribution in [2.24, 2.45) is 17.8 Å². The van der Waals surface area contributed by atoms with E-state index in [0.29, 0.717) is 5.92 Å². The SMILES string of the molecule is CN1CCC(c2cc(=O)[nH]c(C34CC5CC(CC(C5)C3)C4)n2)CC1. The number of rotatable bonds is 2. The zero-order valence-corrected chi connectivity index (χ0v) is 14.8. The highest BCUT2D eigenvalue weighted by molar-refractivity contribution is 5.20. The van der Waals surface area contributed by atoms with Crippen molar-refractivity contribution in [1.29, 1.82) is 0 Å². The summed E-state index contributed by atoms with van der Waals surface area (Å²) < 4.78 is 0. The van der Waals surface area contributed by atoms with E-state index in [1.807, 2.05) is 0 Å². The van der Waals surface area contributed by atoms with Gasteiger partial charge in [0.15, 0.2) is 0 Å². The fraction of sp³-hybridized carbons (Fsp3) is 0.800. The molecule has 4 bridgehead atoms. The molecule has 6 rings (SSSR count). The molecule has 1 saturated heterocycles. The first-order valence-electron chi connectivity index (χ1n) is 9.90. The maximum Gasteiger partial charge on any atom is 0.251 e. The number of aromatic amines is 1. The van der Waals surface area contributed by atoms with Crippen LogP contribution in [0.3, 0.4) is 0 Å². The molecule has 0 radical (unpaired) electrons. The van der Waals surface area contributed by atoms with Gasteiger partial charge in [0.1, 0.15) is 5.82 Å². The first-order valence-corrected chi connectivity index (χ1v) is 9.90. The van der Waals surface area contributed by atoms with Gasteiger partial charge in [-0.1, -0.05) is 0 Å². The van der Waals surface area contributed by atoms with Crippen LogP contribution >= 0.6 is 0 Å². The van der Waals surface area contributed by atoms with Gasteiger partial charge in [-0.15, -0.1) is 0 Å². The highest BCUT2D eigenvalue weighted by Gasteiger charge is 2.53. The second-order valence-corrected chi connectivity index (χ2v) is 9.29. The molecule has 24 heavy (non-hydrogen) atoms. The molecule has 0 aromatic carbocycles. The quantitative estimate of drug-likeness (QED) is 0.908. The summed E-state index contributed by atoms with van der Waals surface area (Å²) in [4.78, 5) is 23.1. The van der Waals surface area contributed by atoms with Crippen LogP contribution in [0.1, 0.15) is 68.8 Å². The summed E-state index contributed by atoms with van der Waals surface area (Å²) in [7, 11) is 2.18. The van der Waals surface area contributed by atoms with Crippen molar-refractivity contribution < 1.29 is 0 Å². The Morgan fingerprint density at radius 2 is 1.67 bits per heavy atom. The Kier molecular flexibility index (Phi) is 3.41. The molecule has 0 amide bonds. The van der Waals surface area contributed by atoms with E-state index in [4.69, 9.17) is 4.98 Å². The second kappa shape index (κ2) is 5.42. The van der Waals surface area contributed by atoms with E-state index < -0.39 is 0 Å². The smallest absolute Gasteiger partial charge is 0.251 e. The first kappa shape index (κ1) is 15.1. The van der Waals surface area contributed by atoms with E-state index in [9.17, 15) is 4.79 Å². The number of nitrogens with one attached hydrogen (secondary N) is 1. The third-order valence-electron chi connectivity index (χ3n) is 7.44. The topological polar surface area (TPSA) is 49.0 Å². The van der Waals surface area contributed by atoms with Crippen LogP contribution in [0.15, 0.2) is 10.9 Å². The zero-order valence-electron chi connectivity index (χ0n) is 14.8. The van der Waals surface area contributed by atoms with Crippen LogP contribution in [-0.4, -0.2) is 35.0 Å². The average molecular weight is 327 g/mol. The van der Waals surface area contributed by atoms with Crippen LogP contribution in [0.2, 0.25) is 0 Å². The van der Waals surface area contributed by atoms with E-state index >= 15 is 0 Å². The number of hydrogen-bond donors (Lipinski definition) is 1. The highest BCUT2D eigenvalue weighted by atomic mass is 16.1. The molecule has 1 aromatic heterocycles. The molecule has 2 heterocycles. The molecule has 4 nitrogen and oxygen atoms in total. The summed E-state index contributed by atoms with van der Waals surface area (Å²) in [5.74, 6) is 4.16. The van der Waals surface area contributed by atoms with E-state index in [2.05, 4.69) is 16.9 Å². The van der Waals surface area contributed by atoms with Gasteiger partial charge < -0.3 is 9.88 Å². The molecule has 1 aromatic rings. The molecule has 130 valence electrons. The Balaban J connectivity index is 1.49. The lowest BCUT2D eigenvalue weighted by molar-refractivity contribution is -0.00966. The van der Waals surface area contributed by atoms with Gasteiger partial charge in [0.05, 0.1) is 5.69 Å². The molecule has 0 spiro atoms. The minimum absolute atomic E-state index is 0.0738. The van der Waals surface area contributed by atoms with Crippen molar-refractivity contribution in [3.8, 4) is 0 Å². The lowest BCUT2D eigenvalue weighted by Gasteiger charge is -2.56. The molecule has 5 aliphatic rings. The standard InChI is InChI=1S/C20H29N3O/c1-23-4-2-16(3-5-23)17-9-18(24)22-19(21-17)20-10-13-6-14(11-20)8-15(7-13)12-20/h9,13-16H,2-8,10-12H2,1H3,(H,21,22,24). The Morgan fingerprint density at radius 3 is 2.25 bits per heavy atom. The molecule has 5 fully saturated rings. The molecule has 1 N–H and O–H groups in total. The maximum atomic E-state index is 12.4. The van der Waals surface area contributed by atoms with Gasteiger partial charge in [-0.2, -0.15) is 0 Å². The van der Waals surface area contributed by atoms with Gasteiger partial charge in [0.2, 0.25) is 0 Å². The molecule has 4 heteroatoms. The molecular formula is C20H29N3O. The number of likely N-dealkylation sites (tertiary alicyclic amines) is 1. The predicted molar refractivity (Wildman–Crippen MR) is 94.2 cm³/mol. The lowest BCUT2D eigenvalue weighted by Crippen LogP contribution is -2.50. The van der Waals surface area contributed by atoms with Crippen LogP contribution < -0.4 is 5.56 Å². The van der Waals surface area contributed by atoms with Crippen molar-refractivity contribution in [2.75, 3.05) is 20.1 Å². The van der Waals surface area contributed by atoms with E-state index in [0.717, 1.165) is 55.2 Å². The summed E-state index contributed by atoms with van der Waals surface area (Å²) >= 11 is 0. The van der Waals surface area contributed by atoms with Gasteiger partial charge in [0.25, 0.3) is 5.56 Å². The van der Waals surface area contributed by atoms with Crippen molar-refractivity contribution in [3.63, 3.8) is 0 Å². The zero-order chi connectivity index (χ0) is 16.3. The average Bonchev–Trinajstić information content (AvgIpc) is 2.54. The molecule has 4 aliphatic carbocycles. The molecule has 0 atom stereocenters. The van der Waals surface area contributed by atoms with Crippen molar-refractivity contribution >= 4 is 0 Å². The molecule has 4 saturated carbocycles. The molecular weight excluding hydrogens is 298 g/mol. The van der Waals surface area contributed by atoms with Gasteiger partial charge in [-0.25, -0.2) is 4.98 Å². The monoisotopic (exact) mass is 327 g/mol. The number of hydrogen-bond acceptors (Lipinski definition) is 3. The fourth-order valence-electron chi connectivity index (χ4n) is 6.64. The minimum atomic E-state index is 0.0738. The third-order valence-corrected chi connectivity index (χ3v) is 7.44. The Bertz CT molecular complexity index is 651. The van der Waals surface area contributed by atoms with E-state index in [1.54, 1.807) is 6.07 Å². The van der Waals surface area contributed by atoms with Crippen LogP contribution in [0.25, 0.3) is 0 Å². The Morgan fingerprint density at radius 1 is 1.08 bits per heavy atom. The largest absolute Gasteiger partial charge is 0.310 e. The summed E-state index contributed by atoms with van der Waals surface area (Å²) in [6.45, 7) is 2.23.